The summed E-state index contributed by atoms with van der Waals surface area (Å²) in [5.41, 5.74) is 0.569. The van der Waals surface area contributed by atoms with Crippen LogP contribution in [0.4, 0.5) is 0 Å². The highest BCUT2D eigenvalue weighted by Crippen LogP contribution is 2.66. The van der Waals surface area contributed by atoms with Crippen LogP contribution in [0.5, 0.6) is 11.5 Å². The predicted octanol–water partition coefficient (Wildman–Crippen LogP) is 2.17. The van der Waals surface area contributed by atoms with E-state index in [0.29, 0.717) is 17.4 Å². The molecule has 4 aliphatic rings. The first-order chi connectivity index (χ1) is 11.0. The lowest BCUT2D eigenvalue weighted by atomic mass is 9.45. The summed E-state index contributed by atoms with van der Waals surface area (Å²) >= 11 is 0. The number of hydrogen-bond acceptors (Lipinski definition) is 4. The maximum Gasteiger partial charge on any atom is 0.196 e. The van der Waals surface area contributed by atoms with Gasteiger partial charge in [-0.2, -0.15) is 0 Å². The normalized spacial score (nSPS) is 42.2. The van der Waals surface area contributed by atoms with Crippen molar-refractivity contribution < 1.29 is 19.4 Å². The van der Waals surface area contributed by atoms with Gasteiger partial charge in [-0.15, -0.1) is 0 Å². The van der Waals surface area contributed by atoms with Crippen molar-refractivity contribution in [2.24, 2.45) is 11.8 Å². The maximum atomic E-state index is 12.6. The van der Waals surface area contributed by atoms with E-state index in [0.717, 1.165) is 24.8 Å². The Morgan fingerprint density at radius 1 is 1.39 bits per heavy atom. The highest BCUT2D eigenvalue weighted by Gasteiger charge is 2.71. The van der Waals surface area contributed by atoms with Crippen LogP contribution in [0.2, 0.25) is 0 Å². The number of ketones is 1. The third-order valence-electron chi connectivity index (χ3n) is 6.72. The van der Waals surface area contributed by atoms with Gasteiger partial charge in [-0.1, -0.05) is 13.0 Å². The van der Waals surface area contributed by atoms with Crippen LogP contribution in [0.3, 0.4) is 0 Å². The number of rotatable bonds is 1. The second kappa shape index (κ2) is 3.99. The molecule has 5 atom stereocenters. The highest BCUT2D eigenvalue weighted by atomic mass is 16.5. The predicted molar refractivity (Wildman–Crippen MR) is 83.8 cm³/mol. The van der Waals surface area contributed by atoms with E-state index in [2.05, 4.69) is 13.0 Å². The van der Waals surface area contributed by atoms with Gasteiger partial charge < -0.3 is 14.6 Å². The van der Waals surface area contributed by atoms with Crippen molar-refractivity contribution in [3.8, 4) is 11.5 Å². The summed E-state index contributed by atoms with van der Waals surface area (Å²) in [4.78, 5) is 12.6. The number of benzene rings is 1. The molecule has 5 rings (SSSR count). The van der Waals surface area contributed by atoms with Gasteiger partial charge in [0.2, 0.25) is 0 Å². The van der Waals surface area contributed by atoms with Crippen molar-refractivity contribution in [2.45, 2.75) is 43.3 Å². The van der Waals surface area contributed by atoms with E-state index in [4.69, 9.17) is 9.47 Å². The van der Waals surface area contributed by atoms with E-state index in [-0.39, 0.29) is 11.7 Å². The molecule has 1 spiro atoms. The average Bonchev–Trinajstić information content (AvgIpc) is 2.90. The fraction of sp³-hybridized carbons (Fsp3) is 0.526. The molecule has 3 aliphatic carbocycles. The standard InChI is InChI=1S/C19H20O4/c1-10-5-7-18-15-11-3-4-14(22-2)16(15)23-17(18)13(20)6-8-19(18,21)12(10)9-11/h3-4,6,8,10,12,17,21H,5,7,9H2,1-2H3/t10?,12-,17-,18-,19+/m0/s1. The Morgan fingerprint density at radius 2 is 2.22 bits per heavy atom. The molecule has 2 bridgehead atoms. The lowest BCUT2D eigenvalue weighted by molar-refractivity contribution is -0.152. The lowest BCUT2D eigenvalue weighted by Crippen LogP contribution is -2.69. The van der Waals surface area contributed by atoms with Crippen molar-refractivity contribution in [3.63, 3.8) is 0 Å². The minimum absolute atomic E-state index is 0.0471. The molecule has 4 nitrogen and oxygen atoms in total. The topological polar surface area (TPSA) is 55.8 Å². The monoisotopic (exact) mass is 312 g/mol. The summed E-state index contributed by atoms with van der Waals surface area (Å²) in [6, 6.07) is 4.00. The molecule has 1 aromatic carbocycles. The summed E-state index contributed by atoms with van der Waals surface area (Å²) in [6.45, 7) is 2.21. The zero-order chi connectivity index (χ0) is 16.0. The first kappa shape index (κ1) is 13.6. The van der Waals surface area contributed by atoms with Crippen molar-refractivity contribution >= 4 is 5.78 Å². The fourth-order valence-electron chi connectivity index (χ4n) is 5.64. The number of aliphatic hydroxyl groups is 1. The minimum atomic E-state index is -1.01. The van der Waals surface area contributed by atoms with Gasteiger partial charge in [-0.3, -0.25) is 4.79 Å². The Hall–Kier alpha value is -1.81. The molecule has 4 heteroatoms. The average molecular weight is 312 g/mol. The largest absolute Gasteiger partial charge is 0.493 e. The molecule has 1 fully saturated rings. The molecule has 0 radical (unpaired) electrons. The summed E-state index contributed by atoms with van der Waals surface area (Å²) < 4.78 is 11.6. The van der Waals surface area contributed by atoms with E-state index in [1.54, 1.807) is 13.2 Å². The number of hydrogen-bond donors (Lipinski definition) is 1. The molecule has 0 aromatic heterocycles. The van der Waals surface area contributed by atoms with Gasteiger partial charge in [0, 0.05) is 5.56 Å². The SMILES string of the molecule is COc1ccc2c3c1O[C@H]1C(=O)C=C[C@@]4(O)[C@@H](C2)C(C)CC[C@]314. The van der Waals surface area contributed by atoms with E-state index in [1.165, 1.54) is 11.6 Å². The summed E-state index contributed by atoms with van der Waals surface area (Å²) in [5.74, 6) is 1.81. The maximum absolute atomic E-state index is 12.6. The van der Waals surface area contributed by atoms with Crippen LogP contribution in [-0.2, 0) is 16.6 Å². The van der Waals surface area contributed by atoms with Crippen molar-refractivity contribution in [2.75, 3.05) is 7.11 Å². The molecule has 0 saturated heterocycles. The van der Waals surface area contributed by atoms with Gasteiger partial charge in [0.15, 0.2) is 23.4 Å². The number of methoxy groups -OCH3 is 1. The smallest absolute Gasteiger partial charge is 0.196 e. The summed E-state index contributed by atoms with van der Waals surface area (Å²) in [6.07, 6.45) is 5.25. The highest BCUT2D eigenvalue weighted by molar-refractivity contribution is 5.98. The number of carbonyl (C=O) groups is 1. The number of ether oxygens (including phenoxy) is 2. The lowest BCUT2D eigenvalue weighted by Gasteiger charge is -2.59. The first-order valence-electron chi connectivity index (χ1n) is 8.35. The van der Waals surface area contributed by atoms with E-state index in [1.807, 2.05) is 6.07 Å². The van der Waals surface area contributed by atoms with Gasteiger partial charge >= 0.3 is 0 Å². The van der Waals surface area contributed by atoms with Gasteiger partial charge in [-0.25, -0.2) is 0 Å². The Morgan fingerprint density at radius 3 is 3.00 bits per heavy atom. The summed E-state index contributed by atoms with van der Waals surface area (Å²) in [7, 11) is 1.61. The zero-order valence-corrected chi connectivity index (χ0v) is 13.3. The Kier molecular flexibility index (Phi) is 2.36. The second-order valence-corrected chi connectivity index (χ2v) is 7.49. The quantitative estimate of drug-likeness (QED) is 0.863. The minimum Gasteiger partial charge on any atom is -0.493 e. The molecule has 0 amide bonds. The zero-order valence-electron chi connectivity index (χ0n) is 13.3. The third kappa shape index (κ3) is 1.28. The first-order valence-corrected chi connectivity index (χ1v) is 8.35. The molecule has 23 heavy (non-hydrogen) atoms. The van der Waals surface area contributed by atoms with Gasteiger partial charge in [0.05, 0.1) is 12.5 Å². The van der Waals surface area contributed by atoms with Crippen LogP contribution in [0.25, 0.3) is 0 Å². The molecule has 1 saturated carbocycles. The van der Waals surface area contributed by atoms with Crippen molar-refractivity contribution in [1.29, 1.82) is 0 Å². The van der Waals surface area contributed by atoms with Gasteiger partial charge in [-0.05, 0) is 54.9 Å². The summed E-state index contributed by atoms with van der Waals surface area (Å²) in [5, 5.41) is 11.7. The Balaban J connectivity index is 1.89. The fourth-order valence-corrected chi connectivity index (χ4v) is 5.64. The van der Waals surface area contributed by atoms with Gasteiger partial charge in [0.25, 0.3) is 0 Å². The number of carbonyl (C=O) groups excluding carboxylic acids is 1. The van der Waals surface area contributed by atoms with E-state index >= 15 is 0 Å². The van der Waals surface area contributed by atoms with E-state index < -0.39 is 17.1 Å². The molecule has 1 N–H and O–H groups in total. The molecule has 1 aliphatic heterocycles. The van der Waals surface area contributed by atoms with Crippen LogP contribution < -0.4 is 9.47 Å². The van der Waals surface area contributed by atoms with Crippen molar-refractivity contribution in [1.82, 2.24) is 0 Å². The van der Waals surface area contributed by atoms with Crippen LogP contribution in [-0.4, -0.2) is 29.7 Å². The molecular weight excluding hydrogens is 292 g/mol. The second-order valence-electron chi connectivity index (χ2n) is 7.49. The molecule has 120 valence electrons. The van der Waals surface area contributed by atoms with Crippen LogP contribution >= 0.6 is 0 Å². The van der Waals surface area contributed by atoms with E-state index in [9.17, 15) is 9.90 Å². The van der Waals surface area contributed by atoms with Crippen LogP contribution in [0.1, 0.15) is 30.9 Å². The van der Waals surface area contributed by atoms with Crippen LogP contribution in [0.15, 0.2) is 24.3 Å². The van der Waals surface area contributed by atoms with Gasteiger partial charge in [0.1, 0.15) is 5.60 Å². The molecule has 1 aromatic rings. The Bertz CT molecular complexity index is 767. The van der Waals surface area contributed by atoms with Crippen molar-refractivity contribution in [3.05, 3.63) is 35.4 Å². The Labute approximate surface area is 135 Å². The third-order valence-corrected chi connectivity index (χ3v) is 6.72. The molecule has 1 heterocycles. The van der Waals surface area contributed by atoms with Crippen LogP contribution in [0, 0.1) is 11.8 Å². The molecular formula is C19H20O4. The molecule has 1 unspecified atom stereocenters.